The molecule has 1 atom stereocenters. The van der Waals surface area contributed by atoms with E-state index >= 15 is 0 Å². The van der Waals surface area contributed by atoms with Crippen molar-refractivity contribution >= 4 is 23.6 Å². The molecular formula is C26H40F3NO3S. The minimum Gasteiger partial charge on any atom is -0.469 e. The van der Waals surface area contributed by atoms with Crippen LogP contribution in [0.3, 0.4) is 0 Å². The highest BCUT2D eigenvalue weighted by Gasteiger charge is 2.38. The van der Waals surface area contributed by atoms with Crippen LogP contribution in [0.5, 0.6) is 0 Å². The maximum atomic E-state index is 12.4. The number of carbonyl (C=O) groups excluding carboxylic acids is 2. The van der Waals surface area contributed by atoms with Crippen LogP contribution < -0.4 is 5.32 Å². The highest BCUT2D eigenvalue weighted by atomic mass is 32.2. The van der Waals surface area contributed by atoms with Crippen molar-refractivity contribution in [2.75, 3.05) is 19.4 Å². The number of halogens is 3. The van der Waals surface area contributed by atoms with E-state index in [0.717, 1.165) is 24.8 Å². The second kappa shape index (κ2) is 17.7. The molecule has 34 heavy (non-hydrogen) atoms. The van der Waals surface area contributed by atoms with Gasteiger partial charge < -0.3 is 10.1 Å². The summed E-state index contributed by atoms with van der Waals surface area (Å²) in [6.45, 7) is 2.18. The minimum absolute atomic E-state index is 0.0436. The molecule has 194 valence electrons. The van der Waals surface area contributed by atoms with Gasteiger partial charge in [0.15, 0.2) is 0 Å². The third-order valence-electron chi connectivity index (χ3n) is 5.71. The monoisotopic (exact) mass is 503 g/mol. The van der Waals surface area contributed by atoms with E-state index in [2.05, 4.69) is 35.9 Å². The van der Waals surface area contributed by atoms with Crippen LogP contribution in [-0.2, 0) is 20.7 Å². The quantitative estimate of drug-likeness (QED) is 0.170. The molecule has 1 amide bonds. The molecule has 8 heteroatoms. The highest BCUT2D eigenvalue weighted by Crippen LogP contribution is 2.34. The van der Waals surface area contributed by atoms with E-state index in [1.54, 1.807) is 0 Å². The number of esters is 1. The minimum atomic E-state index is -4.86. The second-order valence-electron chi connectivity index (χ2n) is 8.55. The van der Waals surface area contributed by atoms with E-state index in [-0.39, 0.29) is 17.8 Å². The average Bonchev–Trinajstić information content (AvgIpc) is 2.82. The number of methoxy groups -OCH3 is 1. The van der Waals surface area contributed by atoms with Gasteiger partial charge in [-0.05, 0) is 36.8 Å². The molecule has 0 aromatic heterocycles. The molecule has 0 aliphatic heterocycles. The topological polar surface area (TPSA) is 55.4 Å². The van der Waals surface area contributed by atoms with Crippen molar-refractivity contribution in [1.82, 2.24) is 5.32 Å². The smallest absolute Gasteiger partial charge is 0.469 e. The molecule has 0 spiro atoms. The van der Waals surface area contributed by atoms with Crippen molar-refractivity contribution < 1.29 is 27.5 Å². The number of benzene rings is 1. The Hall–Kier alpha value is -1.70. The van der Waals surface area contributed by atoms with Crippen LogP contribution in [0, 0.1) is 0 Å². The maximum Gasteiger partial charge on any atom is 0.471 e. The van der Waals surface area contributed by atoms with E-state index in [0.29, 0.717) is 18.6 Å². The van der Waals surface area contributed by atoms with E-state index in [9.17, 15) is 22.8 Å². The van der Waals surface area contributed by atoms with E-state index in [1.807, 2.05) is 5.32 Å². The number of thioether (sulfide) groups is 1. The van der Waals surface area contributed by atoms with Gasteiger partial charge >= 0.3 is 18.1 Å². The SMILES string of the molecule is CCCCCCCCCc1ccc(C(CCCCC(=O)OC)SCCNC(=O)C(F)(F)F)cc1. The van der Waals surface area contributed by atoms with Crippen LogP contribution in [0.25, 0.3) is 0 Å². The summed E-state index contributed by atoms with van der Waals surface area (Å²) in [7, 11) is 1.37. The summed E-state index contributed by atoms with van der Waals surface area (Å²) in [5.41, 5.74) is 2.41. The van der Waals surface area contributed by atoms with Crippen LogP contribution in [0.2, 0.25) is 0 Å². The van der Waals surface area contributed by atoms with Gasteiger partial charge in [0.25, 0.3) is 0 Å². The lowest BCUT2D eigenvalue weighted by Crippen LogP contribution is -2.37. The van der Waals surface area contributed by atoms with Crippen LogP contribution in [-0.4, -0.2) is 37.5 Å². The summed E-state index contributed by atoms with van der Waals surface area (Å²) in [5.74, 6) is -1.77. The van der Waals surface area contributed by atoms with Crippen molar-refractivity contribution in [3.8, 4) is 0 Å². The number of rotatable bonds is 18. The third-order valence-corrected chi connectivity index (χ3v) is 7.06. The average molecular weight is 504 g/mol. The number of aryl methyl sites for hydroxylation is 1. The number of nitrogens with one attached hydrogen (secondary N) is 1. The molecule has 0 aliphatic carbocycles. The zero-order chi connectivity index (χ0) is 25.2. The maximum absolute atomic E-state index is 12.4. The molecule has 1 aromatic carbocycles. The summed E-state index contributed by atoms with van der Waals surface area (Å²) in [6, 6.07) is 8.48. The predicted octanol–water partition coefficient (Wildman–Crippen LogP) is 7.17. The molecule has 1 aromatic rings. The number of unbranched alkanes of at least 4 members (excludes halogenated alkanes) is 7. The number of carbonyl (C=O) groups is 2. The Labute approximate surface area is 206 Å². The molecule has 0 heterocycles. The summed E-state index contributed by atoms with van der Waals surface area (Å²) < 4.78 is 41.8. The number of ether oxygens (including phenoxy) is 1. The van der Waals surface area contributed by atoms with Gasteiger partial charge in [0.2, 0.25) is 0 Å². The molecule has 0 aliphatic rings. The molecule has 0 saturated heterocycles. The van der Waals surface area contributed by atoms with Gasteiger partial charge in [-0.1, -0.05) is 76.1 Å². The standard InChI is InChI=1S/C26H40F3NO3S/c1-3-4-5-6-7-8-9-12-21-15-17-22(18-16-21)23(13-10-11-14-24(31)33-2)34-20-19-30-25(32)26(27,28)29/h15-18,23H,3-14,19-20H2,1-2H3,(H,30,32). The molecule has 1 N–H and O–H groups in total. The van der Waals surface area contributed by atoms with Gasteiger partial charge in [0.05, 0.1) is 7.11 Å². The summed E-state index contributed by atoms with van der Waals surface area (Å²) in [4.78, 5) is 22.3. The first kappa shape index (κ1) is 30.3. The number of hydrogen-bond donors (Lipinski definition) is 1. The van der Waals surface area contributed by atoms with Crippen LogP contribution in [0.1, 0.15) is 93.9 Å². The van der Waals surface area contributed by atoms with Gasteiger partial charge in [-0.3, -0.25) is 9.59 Å². The Balaban J connectivity index is 2.53. The van der Waals surface area contributed by atoms with E-state index in [4.69, 9.17) is 0 Å². The summed E-state index contributed by atoms with van der Waals surface area (Å²) >= 11 is 1.53. The largest absolute Gasteiger partial charge is 0.471 e. The van der Waals surface area contributed by atoms with Crippen LogP contribution in [0.4, 0.5) is 13.2 Å². The molecule has 0 bridgehead atoms. The second-order valence-corrected chi connectivity index (χ2v) is 9.86. The summed E-state index contributed by atoms with van der Waals surface area (Å²) in [6.07, 6.45) is 7.77. The lowest BCUT2D eigenvalue weighted by molar-refractivity contribution is -0.173. The Morgan fingerprint density at radius 1 is 0.971 bits per heavy atom. The van der Waals surface area contributed by atoms with Gasteiger partial charge in [-0.15, -0.1) is 0 Å². The van der Waals surface area contributed by atoms with E-state index < -0.39 is 12.1 Å². The normalized spacial score (nSPS) is 12.4. The van der Waals surface area contributed by atoms with Gasteiger partial charge in [0, 0.05) is 24.0 Å². The van der Waals surface area contributed by atoms with Crippen molar-refractivity contribution in [2.45, 2.75) is 95.4 Å². The number of amides is 1. The Morgan fingerprint density at radius 3 is 2.24 bits per heavy atom. The molecule has 0 fully saturated rings. The predicted molar refractivity (Wildman–Crippen MR) is 133 cm³/mol. The Kier molecular flexibility index (Phi) is 15.8. The highest BCUT2D eigenvalue weighted by molar-refractivity contribution is 7.99. The molecule has 0 saturated carbocycles. The van der Waals surface area contributed by atoms with Crippen molar-refractivity contribution in [3.05, 3.63) is 35.4 Å². The lowest BCUT2D eigenvalue weighted by Gasteiger charge is -2.18. The zero-order valence-electron chi connectivity index (χ0n) is 20.6. The molecule has 4 nitrogen and oxygen atoms in total. The lowest BCUT2D eigenvalue weighted by atomic mass is 10.0. The molecule has 1 unspecified atom stereocenters. The first-order valence-electron chi connectivity index (χ1n) is 12.4. The van der Waals surface area contributed by atoms with Gasteiger partial charge in [-0.2, -0.15) is 24.9 Å². The number of hydrogen-bond acceptors (Lipinski definition) is 4. The fourth-order valence-electron chi connectivity index (χ4n) is 3.70. The van der Waals surface area contributed by atoms with Crippen molar-refractivity contribution in [1.29, 1.82) is 0 Å². The molecular weight excluding hydrogens is 463 g/mol. The Morgan fingerprint density at radius 2 is 1.62 bits per heavy atom. The zero-order valence-corrected chi connectivity index (χ0v) is 21.4. The van der Waals surface area contributed by atoms with Gasteiger partial charge in [0.1, 0.15) is 0 Å². The third kappa shape index (κ3) is 13.9. The molecule has 1 rings (SSSR count). The first-order valence-corrected chi connectivity index (χ1v) is 13.4. The molecule has 0 radical (unpaired) electrons. The van der Waals surface area contributed by atoms with Crippen LogP contribution >= 0.6 is 11.8 Å². The fraction of sp³-hybridized carbons (Fsp3) is 0.692. The summed E-state index contributed by atoms with van der Waals surface area (Å²) in [5, 5.41) is 2.02. The van der Waals surface area contributed by atoms with E-state index in [1.165, 1.54) is 69.4 Å². The van der Waals surface area contributed by atoms with Crippen LogP contribution in [0.15, 0.2) is 24.3 Å². The fourth-order valence-corrected chi connectivity index (χ4v) is 4.89. The number of alkyl halides is 3. The Bertz CT molecular complexity index is 696. The van der Waals surface area contributed by atoms with Gasteiger partial charge in [-0.25, -0.2) is 0 Å². The first-order chi connectivity index (χ1) is 16.3. The van der Waals surface area contributed by atoms with Crippen molar-refractivity contribution in [3.63, 3.8) is 0 Å². The van der Waals surface area contributed by atoms with Crippen molar-refractivity contribution in [2.24, 2.45) is 0 Å².